The highest BCUT2D eigenvalue weighted by Gasteiger charge is 2.12. The fourth-order valence-electron chi connectivity index (χ4n) is 2.07. The molecule has 1 amide bonds. The molecule has 0 aliphatic carbocycles. The Labute approximate surface area is 148 Å². The summed E-state index contributed by atoms with van der Waals surface area (Å²) in [6.45, 7) is 0. The minimum absolute atomic E-state index is 0.128. The van der Waals surface area contributed by atoms with Crippen molar-refractivity contribution < 1.29 is 17.6 Å². The van der Waals surface area contributed by atoms with Crippen LogP contribution in [0.1, 0.15) is 0 Å². The number of oxazole rings is 1. The number of anilines is 1. The lowest BCUT2D eigenvalue weighted by atomic mass is 10.3. The zero-order chi connectivity index (χ0) is 17.9. The van der Waals surface area contributed by atoms with E-state index in [1.807, 2.05) is 24.3 Å². The number of amides is 1. The number of hydrogen-bond donors (Lipinski definition) is 2. The van der Waals surface area contributed by atoms with E-state index in [1.165, 1.54) is 43.1 Å². The van der Waals surface area contributed by atoms with E-state index >= 15 is 0 Å². The molecule has 0 bridgehead atoms. The summed E-state index contributed by atoms with van der Waals surface area (Å²) in [7, 11) is -2.15. The molecule has 7 nitrogen and oxygen atoms in total. The second-order valence-electron chi connectivity index (χ2n) is 5.02. The van der Waals surface area contributed by atoms with Gasteiger partial charge in [0.25, 0.3) is 5.22 Å². The van der Waals surface area contributed by atoms with Crippen LogP contribution in [-0.2, 0) is 14.8 Å². The first-order chi connectivity index (χ1) is 12.0. The molecule has 2 N–H and O–H groups in total. The highest BCUT2D eigenvalue weighted by atomic mass is 32.2. The second kappa shape index (κ2) is 7.26. The molecule has 0 radical (unpaired) electrons. The van der Waals surface area contributed by atoms with Crippen LogP contribution in [0.5, 0.6) is 0 Å². The fourth-order valence-corrected chi connectivity index (χ4v) is 3.44. The topological polar surface area (TPSA) is 101 Å². The molecule has 0 fully saturated rings. The first-order valence-corrected chi connectivity index (χ1v) is 9.76. The molecule has 25 heavy (non-hydrogen) atoms. The number of benzene rings is 2. The molecule has 1 aromatic heterocycles. The summed E-state index contributed by atoms with van der Waals surface area (Å²) in [5.41, 5.74) is 1.93. The first kappa shape index (κ1) is 17.5. The highest BCUT2D eigenvalue weighted by Crippen LogP contribution is 2.23. The number of nitrogens with zero attached hydrogens (tertiary/aromatic N) is 1. The molecule has 1 heterocycles. The monoisotopic (exact) mass is 377 g/mol. The van der Waals surface area contributed by atoms with Crippen molar-refractivity contribution in [1.29, 1.82) is 0 Å². The molecule has 0 saturated carbocycles. The van der Waals surface area contributed by atoms with Crippen molar-refractivity contribution in [1.82, 2.24) is 9.71 Å². The summed E-state index contributed by atoms with van der Waals surface area (Å²) < 4.78 is 31.1. The van der Waals surface area contributed by atoms with E-state index in [1.54, 1.807) is 0 Å². The van der Waals surface area contributed by atoms with Crippen LogP contribution >= 0.6 is 11.8 Å². The highest BCUT2D eigenvalue weighted by molar-refractivity contribution is 7.99. The number of rotatable bonds is 6. The number of thioether (sulfide) groups is 1. The number of fused-ring (bicyclic) bond motifs is 1. The maximum Gasteiger partial charge on any atom is 0.257 e. The molecule has 0 aliphatic heterocycles. The molecule has 130 valence electrons. The summed E-state index contributed by atoms with van der Waals surface area (Å²) in [5, 5.41) is 3.12. The maximum absolute atomic E-state index is 12.0. The van der Waals surface area contributed by atoms with Gasteiger partial charge in [0.15, 0.2) is 5.58 Å². The van der Waals surface area contributed by atoms with Gasteiger partial charge >= 0.3 is 0 Å². The quantitative estimate of drug-likeness (QED) is 0.640. The van der Waals surface area contributed by atoms with Crippen molar-refractivity contribution in [2.24, 2.45) is 0 Å². The SMILES string of the molecule is CNS(=O)(=O)c1ccc(NC(=O)CSc2nc3ccccc3o2)cc1. The number of hydrogen-bond acceptors (Lipinski definition) is 6. The zero-order valence-corrected chi connectivity index (χ0v) is 14.9. The van der Waals surface area contributed by atoms with Crippen molar-refractivity contribution in [3.05, 3.63) is 48.5 Å². The van der Waals surface area contributed by atoms with Crippen molar-refractivity contribution in [2.75, 3.05) is 18.1 Å². The Kier molecular flexibility index (Phi) is 5.07. The molecular formula is C16H15N3O4S2. The lowest BCUT2D eigenvalue weighted by Crippen LogP contribution is -2.18. The van der Waals surface area contributed by atoms with Gasteiger partial charge in [-0.3, -0.25) is 4.79 Å². The second-order valence-corrected chi connectivity index (χ2v) is 7.83. The third kappa shape index (κ3) is 4.19. The molecule has 2 aromatic carbocycles. The van der Waals surface area contributed by atoms with Crippen molar-refractivity contribution in [2.45, 2.75) is 10.1 Å². The minimum atomic E-state index is -3.49. The van der Waals surface area contributed by atoms with Crippen LogP contribution in [0.4, 0.5) is 5.69 Å². The standard InChI is InChI=1S/C16H15N3O4S2/c1-17-25(21,22)12-8-6-11(7-9-12)18-15(20)10-24-16-19-13-4-2-3-5-14(13)23-16/h2-9,17H,10H2,1H3,(H,18,20). The summed E-state index contributed by atoms with van der Waals surface area (Å²) in [6, 6.07) is 13.3. The van der Waals surface area contributed by atoms with Gasteiger partial charge in [0.05, 0.1) is 10.6 Å². The van der Waals surface area contributed by atoms with Gasteiger partial charge in [-0.1, -0.05) is 23.9 Å². The van der Waals surface area contributed by atoms with Gasteiger partial charge in [-0.25, -0.2) is 18.1 Å². The summed E-state index contributed by atoms with van der Waals surface area (Å²) in [6.07, 6.45) is 0. The molecule has 0 atom stereocenters. The smallest absolute Gasteiger partial charge is 0.257 e. The Bertz CT molecular complexity index is 965. The number of carbonyl (C=O) groups is 1. The summed E-state index contributed by atoms with van der Waals surface area (Å²) in [5.74, 6) is -0.111. The normalized spacial score (nSPS) is 11.6. The Morgan fingerprint density at radius 2 is 1.88 bits per heavy atom. The minimum Gasteiger partial charge on any atom is -0.431 e. The summed E-state index contributed by atoms with van der Waals surface area (Å²) >= 11 is 1.19. The van der Waals surface area contributed by atoms with Gasteiger partial charge in [0.1, 0.15) is 5.52 Å². The van der Waals surface area contributed by atoms with Crippen molar-refractivity contribution in [3.63, 3.8) is 0 Å². The van der Waals surface area contributed by atoms with Gasteiger partial charge in [0.2, 0.25) is 15.9 Å². The number of aromatic nitrogens is 1. The van der Waals surface area contributed by atoms with Gasteiger partial charge in [-0.15, -0.1) is 0 Å². The molecular weight excluding hydrogens is 362 g/mol. The van der Waals surface area contributed by atoms with E-state index in [0.29, 0.717) is 16.5 Å². The fraction of sp³-hybridized carbons (Fsp3) is 0.125. The maximum atomic E-state index is 12.0. The molecule has 9 heteroatoms. The Hall–Kier alpha value is -2.36. The predicted octanol–water partition coefficient (Wildman–Crippen LogP) is 2.47. The van der Waals surface area contributed by atoms with Crippen LogP contribution in [-0.4, -0.2) is 32.1 Å². The summed E-state index contributed by atoms with van der Waals surface area (Å²) in [4.78, 5) is 16.4. The van der Waals surface area contributed by atoms with E-state index in [2.05, 4.69) is 15.0 Å². The van der Waals surface area contributed by atoms with Gasteiger partial charge in [0, 0.05) is 5.69 Å². The zero-order valence-electron chi connectivity index (χ0n) is 13.2. The van der Waals surface area contributed by atoms with Crippen LogP contribution in [0.15, 0.2) is 63.1 Å². The molecule has 0 spiro atoms. The molecule has 3 aromatic rings. The Morgan fingerprint density at radius 3 is 2.56 bits per heavy atom. The predicted molar refractivity (Wildman–Crippen MR) is 96.1 cm³/mol. The van der Waals surface area contributed by atoms with Crippen molar-refractivity contribution in [3.8, 4) is 0 Å². The number of carbonyl (C=O) groups excluding carboxylic acids is 1. The van der Waals surface area contributed by atoms with E-state index < -0.39 is 10.0 Å². The molecule has 3 rings (SSSR count). The number of nitrogens with one attached hydrogen (secondary N) is 2. The van der Waals surface area contributed by atoms with Crippen LogP contribution in [0.3, 0.4) is 0 Å². The Balaban J connectivity index is 1.59. The third-order valence-electron chi connectivity index (χ3n) is 3.32. The van der Waals surface area contributed by atoms with Crippen molar-refractivity contribution >= 4 is 44.5 Å². The number of para-hydroxylation sites is 2. The van der Waals surface area contributed by atoms with Crippen LogP contribution < -0.4 is 10.0 Å². The lowest BCUT2D eigenvalue weighted by molar-refractivity contribution is -0.113. The Morgan fingerprint density at radius 1 is 1.16 bits per heavy atom. The van der Waals surface area contributed by atoms with E-state index in [-0.39, 0.29) is 16.6 Å². The molecule has 0 saturated heterocycles. The third-order valence-corrected chi connectivity index (χ3v) is 5.58. The molecule has 0 aliphatic rings. The van der Waals surface area contributed by atoms with Gasteiger partial charge in [-0.2, -0.15) is 0 Å². The number of sulfonamides is 1. The van der Waals surface area contributed by atoms with Crippen LogP contribution in [0, 0.1) is 0 Å². The van der Waals surface area contributed by atoms with Crippen LogP contribution in [0.2, 0.25) is 0 Å². The molecule has 0 unspecified atom stereocenters. The largest absolute Gasteiger partial charge is 0.431 e. The van der Waals surface area contributed by atoms with E-state index in [9.17, 15) is 13.2 Å². The van der Waals surface area contributed by atoms with Gasteiger partial charge in [-0.05, 0) is 43.4 Å². The average molecular weight is 377 g/mol. The van der Waals surface area contributed by atoms with E-state index in [0.717, 1.165) is 5.52 Å². The van der Waals surface area contributed by atoms with Gasteiger partial charge < -0.3 is 9.73 Å². The lowest BCUT2D eigenvalue weighted by Gasteiger charge is -2.06. The average Bonchev–Trinajstić information content (AvgIpc) is 3.03. The first-order valence-electron chi connectivity index (χ1n) is 7.30. The van der Waals surface area contributed by atoms with E-state index in [4.69, 9.17) is 4.42 Å². The van der Waals surface area contributed by atoms with Crippen LogP contribution in [0.25, 0.3) is 11.1 Å².